The molecule has 0 heteroatoms. The Balaban J connectivity index is 0.000000872. The zero-order chi connectivity index (χ0) is 19.0. The monoisotopic (exact) mass is 350 g/mol. The van der Waals surface area contributed by atoms with E-state index >= 15 is 0 Å². The van der Waals surface area contributed by atoms with Crippen LogP contribution in [0, 0.1) is 6.92 Å². The summed E-state index contributed by atoms with van der Waals surface area (Å²) in [6.45, 7) is 8.42. The third-order valence-electron chi connectivity index (χ3n) is 5.39. The summed E-state index contributed by atoms with van der Waals surface area (Å²) in [4.78, 5) is 0. The molecular formula is C27H26. The fraction of sp³-hybridized carbons (Fsp3) is 0.185. The average molecular weight is 351 g/mol. The van der Waals surface area contributed by atoms with Crippen LogP contribution in [0.3, 0.4) is 0 Å². The maximum Gasteiger partial charge on any atom is -0.00206 e. The van der Waals surface area contributed by atoms with Crippen LogP contribution >= 0.6 is 0 Å². The predicted octanol–water partition coefficient (Wildman–Crippen LogP) is 8.15. The van der Waals surface area contributed by atoms with Crippen molar-refractivity contribution in [2.45, 2.75) is 34.1 Å². The number of benzene rings is 5. The molecule has 5 aromatic carbocycles. The van der Waals surface area contributed by atoms with E-state index in [1.54, 1.807) is 0 Å². The van der Waals surface area contributed by atoms with Crippen LogP contribution in [-0.4, -0.2) is 0 Å². The van der Waals surface area contributed by atoms with Gasteiger partial charge in [0.1, 0.15) is 0 Å². The Labute approximate surface area is 161 Å². The molecule has 134 valence electrons. The second-order valence-electron chi connectivity index (χ2n) is 7.03. The lowest BCUT2D eigenvalue weighted by atomic mass is 9.89. The zero-order valence-corrected chi connectivity index (χ0v) is 16.6. The van der Waals surface area contributed by atoms with Crippen molar-refractivity contribution in [1.82, 2.24) is 0 Å². The molecule has 0 N–H and O–H groups in total. The van der Waals surface area contributed by atoms with Gasteiger partial charge in [-0.2, -0.15) is 0 Å². The second-order valence-corrected chi connectivity index (χ2v) is 7.03. The van der Waals surface area contributed by atoms with Gasteiger partial charge in [0.05, 0.1) is 0 Å². The topological polar surface area (TPSA) is 0 Å². The minimum Gasteiger partial charge on any atom is -0.0683 e. The highest BCUT2D eigenvalue weighted by molar-refractivity contribution is 6.25. The first-order chi connectivity index (χ1) is 13.2. The Morgan fingerprint density at radius 1 is 0.667 bits per heavy atom. The van der Waals surface area contributed by atoms with Gasteiger partial charge < -0.3 is 0 Å². The summed E-state index contributed by atoms with van der Waals surface area (Å²) in [6, 6.07) is 27.2. The highest BCUT2D eigenvalue weighted by Gasteiger charge is 2.12. The smallest absolute Gasteiger partial charge is 0.00206 e. The Morgan fingerprint density at radius 3 is 2.00 bits per heavy atom. The number of aryl methyl sites for hydroxylation is 2. The summed E-state index contributed by atoms with van der Waals surface area (Å²) in [5.74, 6) is 0. The maximum atomic E-state index is 2.35. The molecule has 0 saturated heterocycles. The van der Waals surface area contributed by atoms with Gasteiger partial charge in [0.25, 0.3) is 0 Å². The standard InChI is InChI=1S/C25H20.C2H6/c1-3-17-13-16(2)14-21(15-17)22-11-9-20-8-7-18-5-4-6-19-10-12-23(22)25(20)24(18)19;1-2/h4-15H,3H2,1-2H3;1-2H3. The number of hydrogen-bond donors (Lipinski definition) is 0. The van der Waals surface area contributed by atoms with Crippen molar-refractivity contribution in [3.8, 4) is 11.1 Å². The van der Waals surface area contributed by atoms with Gasteiger partial charge in [-0.3, -0.25) is 0 Å². The van der Waals surface area contributed by atoms with Crippen molar-refractivity contribution in [2.75, 3.05) is 0 Å². The summed E-state index contributed by atoms with van der Waals surface area (Å²) in [5, 5.41) is 8.12. The van der Waals surface area contributed by atoms with Gasteiger partial charge in [-0.05, 0) is 62.4 Å². The van der Waals surface area contributed by atoms with Gasteiger partial charge in [-0.15, -0.1) is 0 Å². The Bertz CT molecular complexity index is 1210. The lowest BCUT2D eigenvalue weighted by molar-refractivity contribution is 1.13. The summed E-state index contributed by atoms with van der Waals surface area (Å²) in [6.07, 6.45) is 1.07. The quantitative estimate of drug-likeness (QED) is 0.282. The molecule has 27 heavy (non-hydrogen) atoms. The summed E-state index contributed by atoms with van der Waals surface area (Å²) in [5.41, 5.74) is 5.40. The molecule has 0 radical (unpaired) electrons. The number of hydrogen-bond acceptors (Lipinski definition) is 0. The Hall–Kier alpha value is -2.86. The molecule has 0 unspecified atom stereocenters. The first kappa shape index (κ1) is 17.5. The fourth-order valence-corrected chi connectivity index (χ4v) is 4.21. The SMILES string of the molecule is CC.CCc1cc(C)cc(-c2ccc3ccc4cccc5ccc2c3c45)c1. The third-order valence-corrected chi connectivity index (χ3v) is 5.39. The molecule has 0 aliphatic rings. The van der Waals surface area contributed by atoms with Crippen LogP contribution in [0.2, 0.25) is 0 Å². The molecule has 0 aliphatic heterocycles. The molecule has 0 saturated carbocycles. The van der Waals surface area contributed by atoms with Crippen LogP contribution in [0.1, 0.15) is 31.9 Å². The van der Waals surface area contributed by atoms with E-state index in [1.807, 2.05) is 13.8 Å². The van der Waals surface area contributed by atoms with Gasteiger partial charge in [-0.25, -0.2) is 0 Å². The highest BCUT2D eigenvalue weighted by Crippen LogP contribution is 2.39. The van der Waals surface area contributed by atoms with Gasteiger partial charge >= 0.3 is 0 Å². The van der Waals surface area contributed by atoms with Crippen LogP contribution in [-0.2, 0) is 6.42 Å². The zero-order valence-electron chi connectivity index (χ0n) is 16.6. The van der Waals surface area contributed by atoms with E-state index in [0.717, 1.165) is 6.42 Å². The van der Waals surface area contributed by atoms with Crippen molar-refractivity contribution < 1.29 is 0 Å². The maximum absolute atomic E-state index is 2.35. The van der Waals surface area contributed by atoms with Crippen molar-refractivity contribution >= 4 is 32.3 Å². The van der Waals surface area contributed by atoms with Gasteiger partial charge in [0.2, 0.25) is 0 Å². The molecule has 5 rings (SSSR count). The second kappa shape index (κ2) is 7.04. The van der Waals surface area contributed by atoms with Crippen LogP contribution in [0.4, 0.5) is 0 Å². The molecular weight excluding hydrogens is 324 g/mol. The van der Waals surface area contributed by atoms with E-state index < -0.39 is 0 Å². The number of rotatable bonds is 2. The predicted molar refractivity (Wildman–Crippen MR) is 121 cm³/mol. The largest absolute Gasteiger partial charge is 0.0683 e. The Morgan fingerprint density at radius 2 is 1.30 bits per heavy atom. The van der Waals surface area contributed by atoms with Gasteiger partial charge in [0.15, 0.2) is 0 Å². The molecule has 0 spiro atoms. The molecule has 0 heterocycles. The van der Waals surface area contributed by atoms with Crippen molar-refractivity contribution in [3.63, 3.8) is 0 Å². The average Bonchev–Trinajstić information content (AvgIpc) is 2.73. The van der Waals surface area contributed by atoms with E-state index in [-0.39, 0.29) is 0 Å². The third kappa shape index (κ3) is 2.86. The van der Waals surface area contributed by atoms with Crippen LogP contribution in [0.25, 0.3) is 43.4 Å². The molecule has 0 aromatic heterocycles. The van der Waals surface area contributed by atoms with E-state index in [9.17, 15) is 0 Å². The summed E-state index contributed by atoms with van der Waals surface area (Å²) < 4.78 is 0. The first-order valence-electron chi connectivity index (χ1n) is 10.0. The van der Waals surface area contributed by atoms with Crippen LogP contribution in [0.15, 0.2) is 72.8 Å². The van der Waals surface area contributed by atoms with Crippen molar-refractivity contribution in [2.24, 2.45) is 0 Å². The van der Waals surface area contributed by atoms with E-state index in [2.05, 4.69) is 86.6 Å². The molecule has 5 aromatic rings. The van der Waals surface area contributed by atoms with Crippen molar-refractivity contribution in [1.29, 1.82) is 0 Å². The summed E-state index contributed by atoms with van der Waals surface area (Å²) in [7, 11) is 0. The molecule has 0 fully saturated rings. The lowest BCUT2D eigenvalue weighted by Crippen LogP contribution is -1.89. The normalized spacial score (nSPS) is 11.1. The minimum atomic E-state index is 1.07. The summed E-state index contributed by atoms with van der Waals surface area (Å²) >= 11 is 0. The molecule has 0 amide bonds. The van der Waals surface area contributed by atoms with Gasteiger partial charge in [-0.1, -0.05) is 99.1 Å². The lowest BCUT2D eigenvalue weighted by Gasteiger charge is -2.15. The van der Waals surface area contributed by atoms with Crippen molar-refractivity contribution in [3.05, 3.63) is 83.9 Å². The minimum absolute atomic E-state index is 1.07. The molecule has 0 nitrogen and oxygen atoms in total. The van der Waals surface area contributed by atoms with E-state index in [0.29, 0.717) is 0 Å². The van der Waals surface area contributed by atoms with Crippen LogP contribution < -0.4 is 0 Å². The Kier molecular flexibility index (Phi) is 4.58. The fourth-order valence-electron chi connectivity index (χ4n) is 4.21. The molecule has 0 atom stereocenters. The molecule has 0 bridgehead atoms. The van der Waals surface area contributed by atoms with E-state index in [4.69, 9.17) is 0 Å². The highest BCUT2D eigenvalue weighted by atomic mass is 14.2. The first-order valence-corrected chi connectivity index (χ1v) is 10.0. The van der Waals surface area contributed by atoms with E-state index in [1.165, 1.54) is 54.6 Å². The van der Waals surface area contributed by atoms with Gasteiger partial charge in [0, 0.05) is 0 Å². The van der Waals surface area contributed by atoms with Crippen LogP contribution in [0.5, 0.6) is 0 Å². The molecule has 0 aliphatic carbocycles.